The van der Waals surface area contributed by atoms with Crippen molar-refractivity contribution in [2.75, 3.05) is 6.54 Å². The van der Waals surface area contributed by atoms with Crippen LogP contribution in [0, 0.1) is 17.8 Å². The second kappa shape index (κ2) is 4.08. The van der Waals surface area contributed by atoms with Crippen molar-refractivity contribution in [2.24, 2.45) is 17.8 Å². The third kappa shape index (κ3) is 3.20. The summed E-state index contributed by atoms with van der Waals surface area (Å²) in [5, 5.41) is 3.08. The van der Waals surface area contributed by atoms with Gasteiger partial charge in [0.25, 0.3) is 0 Å². The molecule has 1 N–H and O–H groups in total. The third-order valence-corrected chi connectivity index (χ3v) is 3.85. The summed E-state index contributed by atoms with van der Waals surface area (Å²) in [6.45, 7) is 4.68. The standard InChI is InChI=1S/C12H20BrNO/c1-12(2,13)11(15)14-7-10(8-3-4-8)9-5-6-9/h8-10H,3-7H2,1-2H3,(H,14,15). The van der Waals surface area contributed by atoms with E-state index in [4.69, 9.17) is 0 Å². The molecule has 1 amide bonds. The molecule has 2 nitrogen and oxygen atoms in total. The second-order valence-electron chi connectivity index (χ2n) is 5.52. The van der Waals surface area contributed by atoms with Crippen LogP contribution in [0.15, 0.2) is 0 Å². The van der Waals surface area contributed by atoms with Crippen molar-refractivity contribution < 1.29 is 4.79 Å². The molecule has 2 aliphatic rings. The van der Waals surface area contributed by atoms with Crippen LogP contribution in [0.4, 0.5) is 0 Å². The lowest BCUT2D eigenvalue weighted by atomic mass is 9.98. The van der Waals surface area contributed by atoms with E-state index in [9.17, 15) is 4.79 Å². The minimum atomic E-state index is -0.426. The molecule has 15 heavy (non-hydrogen) atoms. The Morgan fingerprint density at radius 1 is 1.33 bits per heavy atom. The van der Waals surface area contributed by atoms with E-state index in [0.717, 1.165) is 24.3 Å². The van der Waals surface area contributed by atoms with Crippen LogP contribution in [0.25, 0.3) is 0 Å². The number of nitrogens with one attached hydrogen (secondary N) is 1. The monoisotopic (exact) mass is 273 g/mol. The van der Waals surface area contributed by atoms with E-state index in [1.165, 1.54) is 25.7 Å². The Bertz CT molecular complexity index is 239. The predicted molar refractivity (Wildman–Crippen MR) is 65.0 cm³/mol. The first-order chi connectivity index (χ1) is 6.98. The van der Waals surface area contributed by atoms with Crippen LogP contribution in [0.1, 0.15) is 39.5 Å². The van der Waals surface area contributed by atoms with Gasteiger partial charge in [-0.2, -0.15) is 0 Å². The van der Waals surface area contributed by atoms with Gasteiger partial charge in [-0.25, -0.2) is 0 Å². The van der Waals surface area contributed by atoms with Gasteiger partial charge in [-0.15, -0.1) is 0 Å². The van der Waals surface area contributed by atoms with Crippen molar-refractivity contribution in [1.82, 2.24) is 5.32 Å². The lowest BCUT2D eigenvalue weighted by molar-refractivity contribution is -0.122. The van der Waals surface area contributed by atoms with Crippen LogP contribution in [-0.2, 0) is 4.79 Å². The van der Waals surface area contributed by atoms with Gasteiger partial charge in [0.15, 0.2) is 0 Å². The number of carbonyl (C=O) groups is 1. The molecule has 0 radical (unpaired) electrons. The maximum atomic E-state index is 11.7. The zero-order chi connectivity index (χ0) is 11.1. The van der Waals surface area contributed by atoms with Crippen molar-refractivity contribution >= 4 is 21.8 Å². The fourth-order valence-corrected chi connectivity index (χ4v) is 2.33. The van der Waals surface area contributed by atoms with Crippen LogP contribution in [0.5, 0.6) is 0 Å². The molecule has 2 saturated carbocycles. The fraction of sp³-hybridized carbons (Fsp3) is 0.917. The molecule has 0 heterocycles. The van der Waals surface area contributed by atoms with Gasteiger partial charge >= 0.3 is 0 Å². The van der Waals surface area contributed by atoms with E-state index in [-0.39, 0.29) is 5.91 Å². The quantitative estimate of drug-likeness (QED) is 0.767. The Balaban J connectivity index is 1.78. The molecule has 0 aromatic rings. The predicted octanol–water partition coefficient (Wildman–Crippen LogP) is 2.71. The van der Waals surface area contributed by atoms with Gasteiger partial charge in [0.1, 0.15) is 0 Å². The number of carbonyl (C=O) groups excluding carboxylic acids is 1. The molecule has 2 fully saturated rings. The van der Waals surface area contributed by atoms with Crippen LogP contribution < -0.4 is 5.32 Å². The number of rotatable bonds is 5. The molecule has 0 bridgehead atoms. The molecule has 0 saturated heterocycles. The number of alkyl halides is 1. The maximum absolute atomic E-state index is 11.7. The number of hydrogen-bond donors (Lipinski definition) is 1. The summed E-state index contributed by atoms with van der Waals surface area (Å²) in [5.41, 5.74) is 0. The Morgan fingerprint density at radius 3 is 2.13 bits per heavy atom. The van der Waals surface area contributed by atoms with Crippen LogP contribution in [0.3, 0.4) is 0 Å². The van der Waals surface area contributed by atoms with E-state index in [2.05, 4.69) is 21.2 Å². The molecular formula is C12H20BrNO. The van der Waals surface area contributed by atoms with Gasteiger partial charge in [-0.3, -0.25) is 4.79 Å². The molecule has 0 aromatic heterocycles. The van der Waals surface area contributed by atoms with Crippen LogP contribution >= 0.6 is 15.9 Å². The lowest BCUT2D eigenvalue weighted by Crippen LogP contribution is -2.40. The molecule has 0 unspecified atom stereocenters. The number of amides is 1. The highest BCUT2D eigenvalue weighted by Gasteiger charge is 2.41. The highest BCUT2D eigenvalue weighted by molar-refractivity contribution is 9.10. The van der Waals surface area contributed by atoms with Crippen molar-refractivity contribution in [2.45, 2.75) is 43.9 Å². The second-order valence-corrected chi connectivity index (χ2v) is 7.50. The first-order valence-electron chi connectivity index (χ1n) is 5.95. The highest BCUT2D eigenvalue weighted by atomic mass is 79.9. The Labute approximate surface area is 100 Å². The summed E-state index contributed by atoms with van der Waals surface area (Å²) in [6, 6.07) is 0. The largest absolute Gasteiger partial charge is 0.355 e. The summed E-state index contributed by atoms with van der Waals surface area (Å²) in [5.74, 6) is 2.71. The molecule has 2 aliphatic carbocycles. The van der Waals surface area contributed by atoms with Crippen molar-refractivity contribution in [1.29, 1.82) is 0 Å². The van der Waals surface area contributed by atoms with Gasteiger partial charge in [-0.05, 0) is 57.3 Å². The molecule has 0 spiro atoms. The lowest BCUT2D eigenvalue weighted by Gasteiger charge is -2.20. The Morgan fingerprint density at radius 2 is 1.80 bits per heavy atom. The van der Waals surface area contributed by atoms with E-state index < -0.39 is 4.32 Å². The Kier molecular flexibility index (Phi) is 3.11. The van der Waals surface area contributed by atoms with Crippen LogP contribution in [0.2, 0.25) is 0 Å². The number of halogens is 1. The van der Waals surface area contributed by atoms with Crippen molar-refractivity contribution in [3.8, 4) is 0 Å². The van der Waals surface area contributed by atoms with E-state index >= 15 is 0 Å². The minimum absolute atomic E-state index is 0.119. The molecule has 86 valence electrons. The fourth-order valence-electron chi connectivity index (χ4n) is 2.19. The summed E-state index contributed by atoms with van der Waals surface area (Å²) in [6.07, 6.45) is 5.53. The molecule has 0 aliphatic heterocycles. The molecule has 3 heteroatoms. The Hall–Kier alpha value is -0.0500. The van der Waals surface area contributed by atoms with E-state index in [1.54, 1.807) is 0 Å². The first kappa shape index (κ1) is 11.4. The summed E-state index contributed by atoms with van der Waals surface area (Å²) < 4.78 is -0.426. The van der Waals surface area contributed by atoms with Gasteiger partial charge in [-0.1, -0.05) is 15.9 Å². The molecule has 2 rings (SSSR count). The van der Waals surface area contributed by atoms with Gasteiger partial charge in [0, 0.05) is 6.54 Å². The van der Waals surface area contributed by atoms with Crippen LogP contribution in [-0.4, -0.2) is 16.8 Å². The van der Waals surface area contributed by atoms with E-state index in [0.29, 0.717) is 0 Å². The molecule has 0 atom stereocenters. The zero-order valence-electron chi connectivity index (χ0n) is 9.55. The third-order valence-electron chi connectivity index (χ3n) is 3.49. The van der Waals surface area contributed by atoms with Gasteiger partial charge in [0.05, 0.1) is 4.32 Å². The smallest absolute Gasteiger partial charge is 0.236 e. The van der Waals surface area contributed by atoms with E-state index in [1.807, 2.05) is 13.8 Å². The summed E-state index contributed by atoms with van der Waals surface area (Å²) in [4.78, 5) is 11.7. The normalized spacial score (nSPS) is 21.9. The average molecular weight is 274 g/mol. The molecular weight excluding hydrogens is 254 g/mol. The highest BCUT2D eigenvalue weighted by Crippen LogP contribution is 2.48. The van der Waals surface area contributed by atoms with Gasteiger partial charge in [0.2, 0.25) is 5.91 Å². The maximum Gasteiger partial charge on any atom is 0.236 e. The first-order valence-corrected chi connectivity index (χ1v) is 6.75. The summed E-state index contributed by atoms with van der Waals surface area (Å²) >= 11 is 3.39. The van der Waals surface area contributed by atoms with Crippen molar-refractivity contribution in [3.63, 3.8) is 0 Å². The van der Waals surface area contributed by atoms with Crippen molar-refractivity contribution in [3.05, 3.63) is 0 Å². The number of hydrogen-bond acceptors (Lipinski definition) is 1. The van der Waals surface area contributed by atoms with Gasteiger partial charge < -0.3 is 5.32 Å². The summed E-state index contributed by atoms with van der Waals surface area (Å²) in [7, 11) is 0. The zero-order valence-corrected chi connectivity index (χ0v) is 11.1. The topological polar surface area (TPSA) is 29.1 Å². The average Bonchev–Trinajstić information content (AvgIpc) is 2.98. The molecule has 0 aromatic carbocycles. The SMILES string of the molecule is CC(C)(Br)C(=O)NCC(C1CC1)C1CC1. The minimum Gasteiger partial charge on any atom is -0.355 e.